The Bertz CT molecular complexity index is 108. The summed E-state index contributed by atoms with van der Waals surface area (Å²) in [5.41, 5.74) is 0. The first-order valence-corrected chi connectivity index (χ1v) is 3.39. The summed E-state index contributed by atoms with van der Waals surface area (Å²) in [5, 5.41) is 2.91. The van der Waals surface area contributed by atoms with Crippen LogP contribution in [-0.2, 0) is 0 Å². The largest absolute Gasteiger partial charge is 0.318 e. The fourth-order valence-electron chi connectivity index (χ4n) is 1.04. The highest BCUT2D eigenvalue weighted by molar-refractivity contribution is 4.86. The molecule has 10 heavy (non-hydrogen) atoms. The Morgan fingerprint density at radius 1 is 1.50 bits per heavy atom. The van der Waals surface area contributed by atoms with Crippen molar-refractivity contribution in [2.45, 2.75) is 5.92 Å². The molecule has 0 amide bonds. The van der Waals surface area contributed by atoms with Crippen LogP contribution in [0.3, 0.4) is 0 Å². The molecule has 0 saturated carbocycles. The van der Waals surface area contributed by atoms with Crippen LogP contribution in [0, 0.1) is 0 Å². The van der Waals surface area contributed by atoms with Gasteiger partial charge >= 0.3 is 0 Å². The van der Waals surface area contributed by atoms with Gasteiger partial charge in [-0.3, -0.25) is 4.90 Å². The van der Waals surface area contributed by atoms with E-state index in [-0.39, 0.29) is 13.1 Å². The van der Waals surface area contributed by atoms with Gasteiger partial charge in [-0.25, -0.2) is 8.78 Å². The van der Waals surface area contributed by atoms with Crippen LogP contribution in [0.25, 0.3) is 0 Å². The van der Waals surface area contributed by atoms with E-state index < -0.39 is 5.92 Å². The zero-order valence-corrected chi connectivity index (χ0v) is 6.03. The molecule has 1 rings (SSSR count). The SMILES string of the molecule is CNCCN1CC(F)(F)C1. The van der Waals surface area contributed by atoms with Crippen LogP contribution in [-0.4, -0.2) is 44.0 Å². The van der Waals surface area contributed by atoms with Gasteiger partial charge in [0.25, 0.3) is 5.92 Å². The first kappa shape index (κ1) is 7.88. The first-order chi connectivity index (χ1) is 4.64. The zero-order chi connectivity index (χ0) is 7.61. The van der Waals surface area contributed by atoms with Gasteiger partial charge < -0.3 is 5.32 Å². The first-order valence-electron chi connectivity index (χ1n) is 3.39. The van der Waals surface area contributed by atoms with Crippen molar-refractivity contribution in [1.29, 1.82) is 0 Å². The molecule has 4 heteroatoms. The predicted octanol–water partition coefficient (Wildman–Crippen LogP) is 0.157. The highest BCUT2D eigenvalue weighted by Crippen LogP contribution is 2.25. The number of nitrogens with one attached hydrogen (secondary N) is 1. The molecule has 1 N–H and O–H groups in total. The number of halogens is 2. The Kier molecular flexibility index (Phi) is 2.21. The Labute approximate surface area is 59.2 Å². The average Bonchev–Trinajstić information content (AvgIpc) is 1.78. The topological polar surface area (TPSA) is 15.3 Å². The fraction of sp³-hybridized carbons (Fsp3) is 1.00. The number of alkyl halides is 2. The molecule has 0 aromatic carbocycles. The minimum atomic E-state index is -2.41. The summed E-state index contributed by atoms with van der Waals surface area (Å²) in [4.78, 5) is 1.73. The van der Waals surface area contributed by atoms with E-state index in [0.29, 0.717) is 0 Å². The van der Waals surface area contributed by atoms with Gasteiger partial charge in [-0.1, -0.05) is 0 Å². The van der Waals surface area contributed by atoms with Gasteiger partial charge in [0.2, 0.25) is 0 Å². The van der Waals surface area contributed by atoms with Gasteiger partial charge in [0.05, 0.1) is 13.1 Å². The maximum Gasteiger partial charge on any atom is 0.272 e. The van der Waals surface area contributed by atoms with Gasteiger partial charge in [-0.2, -0.15) is 0 Å². The van der Waals surface area contributed by atoms with Crippen molar-refractivity contribution in [1.82, 2.24) is 10.2 Å². The molecule has 0 atom stereocenters. The van der Waals surface area contributed by atoms with Crippen molar-refractivity contribution < 1.29 is 8.78 Å². The third-order valence-electron chi connectivity index (χ3n) is 1.59. The molecule has 0 aliphatic carbocycles. The van der Waals surface area contributed by atoms with Gasteiger partial charge in [0.1, 0.15) is 0 Å². The van der Waals surface area contributed by atoms with Gasteiger partial charge in [-0.05, 0) is 7.05 Å². The van der Waals surface area contributed by atoms with Crippen LogP contribution in [0.15, 0.2) is 0 Å². The van der Waals surface area contributed by atoms with Gasteiger partial charge in [0, 0.05) is 13.1 Å². The van der Waals surface area contributed by atoms with Gasteiger partial charge in [-0.15, -0.1) is 0 Å². The van der Waals surface area contributed by atoms with E-state index in [4.69, 9.17) is 0 Å². The van der Waals surface area contributed by atoms with Crippen LogP contribution < -0.4 is 5.32 Å². The fourth-order valence-corrected chi connectivity index (χ4v) is 1.04. The van der Waals surface area contributed by atoms with Crippen molar-refractivity contribution >= 4 is 0 Å². The molecule has 60 valence electrons. The van der Waals surface area contributed by atoms with Crippen molar-refractivity contribution in [3.05, 3.63) is 0 Å². The lowest BCUT2D eigenvalue weighted by atomic mass is 10.1. The molecule has 1 aliphatic heterocycles. The smallest absolute Gasteiger partial charge is 0.272 e. The summed E-state index contributed by atoms with van der Waals surface area (Å²) < 4.78 is 24.3. The zero-order valence-electron chi connectivity index (χ0n) is 6.03. The van der Waals surface area contributed by atoms with Crippen LogP contribution in [0.5, 0.6) is 0 Å². The minimum absolute atomic E-state index is 0.0608. The second-order valence-electron chi connectivity index (χ2n) is 2.67. The second kappa shape index (κ2) is 2.80. The minimum Gasteiger partial charge on any atom is -0.318 e. The standard InChI is InChI=1S/C6H12F2N2/c1-9-2-3-10-4-6(7,8)5-10/h9H,2-5H2,1H3. The summed E-state index contributed by atoms with van der Waals surface area (Å²) in [6.07, 6.45) is 0. The number of nitrogens with zero attached hydrogens (tertiary/aromatic N) is 1. The quantitative estimate of drug-likeness (QED) is 0.616. The molecule has 0 aromatic heterocycles. The number of hydrogen-bond donors (Lipinski definition) is 1. The lowest BCUT2D eigenvalue weighted by molar-refractivity contribution is -0.129. The van der Waals surface area contributed by atoms with E-state index in [1.165, 1.54) is 0 Å². The third kappa shape index (κ3) is 1.88. The van der Waals surface area contributed by atoms with Crippen LogP contribution in [0.4, 0.5) is 8.78 Å². The molecule has 0 bridgehead atoms. The summed E-state index contributed by atoms with van der Waals surface area (Å²) >= 11 is 0. The van der Waals surface area contributed by atoms with Crippen molar-refractivity contribution in [2.75, 3.05) is 33.2 Å². The van der Waals surface area contributed by atoms with Crippen LogP contribution in [0.1, 0.15) is 0 Å². The van der Waals surface area contributed by atoms with E-state index in [9.17, 15) is 8.78 Å². The molecule has 1 heterocycles. The number of likely N-dealkylation sites (N-methyl/N-ethyl adjacent to an activating group) is 1. The Morgan fingerprint density at radius 3 is 2.50 bits per heavy atom. The van der Waals surface area contributed by atoms with Crippen molar-refractivity contribution in [3.8, 4) is 0 Å². The molecule has 0 radical (unpaired) electrons. The molecule has 1 fully saturated rings. The number of likely N-dealkylation sites (tertiary alicyclic amines) is 1. The lowest BCUT2D eigenvalue weighted by Crippen LogP contribution is -2.57. The Balaban J connectivity index is 2.03. The maximum absolute atomic E-state index is 12.2. The second-order valence-corrected chi connectivity index (χ2v) is 2.67. The number of rotatable bonds is 3. The average molecular weight is 150 g/mol. The normalized spacial score (nSPS) is 24.3. The van der Waals surface area contributed by atoms with E-state index in [1.54, 1.807) is 4.90 Å². The van der Waals surface area contributed by atoms with E-state index in [1.807, 2.05) is 7.05 Å². The monoisotopic (exact) mass is 150 g/mol. The highest BCUT2D eigenvalue weighted by Gasteiger charge is 2.42. The van der Waals surface area contributed by atoms with E-state index in [2.05, 4.69) is 5.32 Å². The molecule has 2 nitrogen and oxygen atoms in total. The maximum atomic E-state index is 12.2. The number of hydrogen-bond acceptors (Lipinski definition) is 2. The third-order valence-corrected chi connectivity index (χ3v) is 1.59. The molecule has 0 spiro atoms. The molecule has 1 aliphatic rings. The predicted molar refractivity (Wildman–Crippen MR) is 35.3 cm³/mol. The van der Waals surface area contributed by atoms with Crippen molar-refractivity contribution in [2.24, 2.45) is 0 Å². The summed E-state index contributed by atoms with van der Waals surface area (Å²) in [6.45, 7) is 1.39. The van der Waals surface area contributed by atoms with E-state index in [0.717, 1.165) is 13.1 Å². The van der Waals surface area contributed by atoms with E-state index >= 15 is 0 Å². The summed E-state index contributed by atoms with van der Waals surface area (Å²) in [6, 6.07) is 0. The molecular weight excluding hydrogens is 138 g/mol. The van der Waals surface area contributed by atoms with Crippen molar-refractivity contribution in [3.63, 3.8) is 0 Å². The van der Waals surface area contributed by atoms with Crippen LogP contribution >= 0.6 is 0 Å². The highest BCUT2D eigenvalue weighted by atomic mass is 19.3. The van der Waals surface area contributed by atoms with Crippen LogP contribution in [0.2, 0.25) is 0 Å². The summed E-state index contributed by atoms with van der Waals surface area (Å²) in [5.74, 6) is -2.41. The summed E-state index contributed by atoms with van der Waals surface area (Å²) in [7, 11) is 1.82. The van der Waals surface area contributed by atoms with Gasteiger partial charge in [0.15, 0.2) is 0 Å². The molecule has 0 unspecified atom stereocenters. The molecule has 0 aromatic rings. The molecular formula is C6H12F2N2. The lowest BCUT2D eigenvalue weighted by Gasteiger charge is -2.38. The molecule has 1 saturated heterocycles. The Hall–Kier alpha value is -0.220. The Morgan fingerprint density at radius 2 is 2.10 bits per heavy atom.